The van der Waals surface area contributed by atoms with Crippen LogP contribution in [-0.2, 0) is 0 Å². The number of thiocarbonyl (C=S) groups is 1. The van der Waals surface area contributed by atoms with Gasteiger partial charge in [-0.3, -0.25) is 0 Å². The Hall–Kier alpha value is -0.740. The van der Waals surface area contributed by atoms with Gasteiger partial charge in [-0.1, -0.05) is 24.4 Å². The third kappa shape index (κ3) is 3.13. The second-order valence-corrected chi connectivity index (χ2v) is 6.00. The van der Waals surface area contributed by atoms with E-state index in [0.29, 0.717) is 11.0 Å². The number of hydrogen-bond donors (Lipinski definition) is 2. The molecule has 2 nitrogen and oxygen atoms in total. The summed E-state index contributed by atoms with van der Waals surface area (Å²) in [6.07, 6.45) is 5.95. The zero-order valence-electron chi connectivity index (χ0n) is 9.98. The molecule has 17 heavy (non-hydrogen) atoms. The van der Waals surface area contributed by atoms with Gasteiger partial charge in [-0.05, 0) is 37.7 Å². The number of para-hydroxylation sites is 1. The first-order chi connectivity index (χ1) is 8.20. The Morgan fingerprint density at radius 2 is 2.18 bits per heavy atom. The lowest BCUT2D eigenvalue weighted by atomic mass is 10.1. The largest absolute Gasteiger partial charge is 0.389 e. The Morgan fingerprint density at radius 3 is 2.82 bits per heavy atom. The van der Waals surface area contributed by atoms with Gasteiger partial charge in [0.25, 0.3) is 0 Å². The van der Waals surface area contributed by atoms with Crippen LogP contribution in [0.5, 0.6) is 0 Å². The minimum absolute atomic E-state index is 0.465. The number of anilines is 1. The minimum Gasteiger partial charge on any atom is -0.389 e. The van der Waals surface area contributed by atoms with Gasteiger partial charge in [0.1, 0.15) is 4.99 Å². The molecule has 1 saturated carbocycles. The molecular formula is C13H18N2S2. The molecule has 0 aliphatic heterocycles. The van der Waals surface area contributed by atoms with Gasteiger partial charge in [0.15, 0.2) is 0 Å². The van der Waals surface area contributed by atoms with Crippen molar-refractivity contribution in [2.45, 2.75) is 30.6 Å². The molecule has 3 N–H and O–H groups in total. The third-order valence-corrected chi connectivity index (χ3v) is 4.58. The van der Waals surface area contributed by atoms with E-state index in [1.807, 2.05) is 30.0 Å². The summed E-state index contributed by atoms with van der Waals surface area (Å²) in [5.74, 6) is 0. The van der Waals surface area contributed by atoms with Crippen molar-refractivity contribution in [1.82, 2.24) is 0 Å². The summed E-state index contributed by atoms with van der Waals surface area (Å²) in [6, 6.07) is 8.58. The minimum atomic E-state index is 0.465. The van der Waals surface area contributed by atoms with Crippen LogP contribution in [0.25, 0.3) is 0 Å². The van der Waals surface area contributed by atoms with E-state index >= 15 is 0 Å². The van der Waals surface area contributed by atoms with Gasteiger partial charge in [0, 0.05) is 22.5 Å². The van der Waals surface area contributed by atoms with E-state index in [1.54, 1.807) is 0 Å². The fraction of sp³-hybridized carbons (Fsp3) is 0.462. The molecule has 1 aliphatic rings. The summed E-state index contributed by atoms with van der Waals surface area (Å²) in [5, 5.41) is 4.37. The van der Waals surface area contributed by atoms with Crippen molar-refractivity contribution < 1.29 is 0 Å². The molecule has 2 rings (SSSR count). The van der Waals surface area contributed by atoms with Crippen LogP contribution in [-0.4, -0.2) is 22.5 Å². The lowest BCUT2D eigenvalue weighted by Gasteiger charge is -2.17. The smallest absolute Gasteiger partial charge is 0.106 e. The van der Waals surface area contributed by atoms with Crippen molar-refractivity contribution >= 4 is 34.7 Å². The molecule has 0 spiro atoms. The number of hydrogen-bond acceptors (Lipinski definition) is 3. The van der Waals surface area contributed by atoms with Crippen LogP contribution in [0.15, 0.2) is 24.3 Å². The maximum Gasteiger partial charge on any atom is 0.106 e. The monoisotopic (exact) mass is 266 g/mol. The van der Waals surface area contributed by atoms with Crippen LogP contribution in [0.4, 0.5) is 5.69 Å². The molecule has 0 heterocycles. The molecule has 1 aromatic rings. The van der Waals surface area contributed by atoms with Crippen LogP contribution >= 0.6 is 24.0 Å². The summed E-state index contributed by atoms with van der Waals surface area (Å²) in [5.41, 5.74) is 7.76. The SMILES string of the molecule is CSC1CCC(Nc2ccccc2C(N)=S)C1. The number of nitrogens with two attached hydrogens (primary N) is 1. The Bertz CT molecular complexity index is 406. The maximum absolute atomic E-state index is 5.73. The van der Waals surface area contributed by atoms with Gasteiger partial charge in [0.05, 0.1) is 0 Å². The van der Waals surface area contributed by atoms with E-state index in [-0.39, 0.29) is 0 Å². The lowest BCUT2D eigenvalue weighted by Crippen LogP contribution is -2.19. The molecule has 92 valence electrons. The first kappa shape index (κ1) is 12.7. The van der Waals surface area contributed by atoms with Crippen LogP contribution in [0, 0.1) is 0 Å². The van der Waals surface area contributed by atoms with E-state index in [4.69, 9.17) is 18.0 Å². The molecule has 2 unspecified atom stereocenters. The highest BCUT2D eigenvalue weighted by Crippen LogP contribution is 2.30. The van der Waals surface area contributed by atoms with Gasteiger partial charge in [0.2, 0.25) is 0 Å². The third-order valence-electron chi connectivity index (χ3n) is 3.27. The second kappa shape index (κ2) is 5.74. The Morgan fingerprint density at radius 1 is 1.41 bits per heavy atom. The quantitative estimate of drug-likeness (QED) is 0.822. The molecule has 0 saturated heterocycles. The Labute approximate surface area is 112 Å². The molecular weight excluding hydrogens is 248 g/mol. The molecule has 0 bridgehead atoms. The first-order valence-corrected chi connectivity index (χ1v) is 7.58. The molecule has 0 aromatic heterocycles. The highest BCUT2D eigenvalue weighted by molar-refractivity contribution is 7.99. The van der Waals surface area contributed by atoms with Gasteiger partial charge in [-0.2, -0.15) is 11.8 Å². The van der Waals surface area contributed by atoms with E-state index in [2.05, 4.69) is 17.6 Å². The Balaban J connectivity index is 2.06. The van der Waals surface area contributed by atoms with Crippen LogP contribution in [0.1, 0.15) is 24.8 Å². The summed E-state index contributed by atoms with van der Waals surface area (Å²) in [4.78, 5) is 0.465. The molecule has 2 atom stereocenters. The standard InChI is InChI=1S/C13H18N2S2/c1-17-10-7-6-9(8-10)15-12-5-3-2-4-11(12)13(14)16/h2-5,9-10,15H,6-8H2,1H3,(H2,14,16). The summed E-state index contributed by atoms with van der Waals surface area (Å²) in [6.45, 7) is 0. The molecule has 0 amide bonds. The lowest BCUT2D eigenvalue weighted by molar-refractivity contribution is 0.757. The van der Waals surface area contributed by atoms with Crippen molar-refractivity contribution in [2.75, 3.05) is 11.6 Å². The second-order valence-electron chi connectivity index (χ2n) is 4.42. The average molecular weight is 266 g/mol. The van der Waals surface area contributed by atoms with E-state index in [0.717, 1.165) is 16.5 Å². The van der Waals surface area contributed by atoms with Gasteiger partial charge >= 0.3 is 0 Å². The summed E-state index contributed by atoms with van der Waals surface area (Å²) in [7, 11) is 0. The highest BCUT2D eigenvalue weighted by Gasteiger charge is 2.24. The zero-order valence-corrected chi connectivity index (χ0v) is 11.6. The predicted octanol–water partition coefficient (Wildman–Crippen LogP) is 3.02. The maximum atomic E-state index is 5.73. The van der Waals surface area contributed by atoms with E-state index in [1.165, 1.54) is 19.3 Å². The fourth-order valence-corrected chi connectivity index (χ4v) is 3.30. The van der Waals surface area contributed by atoms with Crippen molar-refractivity contribution in [3.8, 4) is 0 Å². The molecule has 1 aromatic carbocycles. The van der Waals surface area contributed by atoms with Crippen LogP contribution < -0.4 is 11.1 Å². The van der Waals surface area contributed by atoms with E-state index < -0.39 is 0 Å². The Kier molecular flexibility index (Phi) is 4.29. The number of nitrogens with one attached hydrogen (secondary N) is 1. The molecule has 4 heteroatoms. The number of thioether (sulfide) groups is 1. The van der Waals surface area contributed by atoms with Gasteiger partial charge in [-0.25, -0.2) is 0 Å². The molecule has 0 radical (unpaired) electrons. The number of rotatable bonds is 4. The van der Waals surface area contributed by atoms with Gasteiger partial charge in [-0.15, -0.1) is 0 Å². The average Bonchev–Trinajstić information content (AvgIpc) is 2.77. The van der Waals surface area contributed by atoms with E-state index in [9.17, 15) is 0 Å². The number of benzene rings is 1. The molecule has 1 aliphatic carbocycles. The zero-order chi connectivity index (χ0) is 12.3. The van der Waals surface area contributed by atoms with Crippen molar-refractivity contribution in [3.05, 3.63) is 29.8 Å². The first-order valence-electron chi connectivity index (χ1n) is 5.89. The predicted molar refractivity (Wildman–Crippen MR) is 80.9 cm³/mol. The van der Waals surface area contributed by atoms with Crippen molar-refractivity contribution in [1.29, 1.82) is 0 Å². The summed E-state index contributed by atoms with van der Waals surface area (Å²) < 4.78 is 0. The van der Waals surface area contributed by atoms with Crippen molar-refractivity contribution in [2.24, 2.45) is 5.73 Å². The normalized spacial score (nSPS) is 23.6. The highest BCUT2D eigenvalue weighted by atomic mass is 32.2. The topological polar surface area (TPSA) is 38.0 Å². The van der Waals surface area contributed by atoms with Gasteiger partial charge < -0.3 is 11.1 Å². The van der Waals surface area contributed by atoms with Crippen molar-refractivity contribution in [3.63, 3.8) is 0 Å². The summed E-state index contributed by atoms with van der Waals surface area (Å²) >= 11 is 7.04. The van der Waals surface area contributed by atoms with Crippen LogP contribution in [0.2, 0.25) is 0 Å². The molecule has 1 fully saturated rings. The van der Waals surface area contributed by atoms with Crippen LogP contribution in [0.3, 0.4) is 0 Å². The fourth-order valence-electron chi connectivity index (χ4n) is 2.33.